The van der Waals surface area contributed by atoms with Crippen molar-refractivity contribution >= 4 is 35.1 Å². The van der Waals surface area contributed by atoms with E-state index in [1.54, 1.807) is 6.20 Å². The number of nitrogens with one attached hydrogen (secondary N) is 1. The molecule has 0 spiro atoms. The molecule has 0 atom stereocenters. The molecule has 2 aromatic rings. The molecule has 10 heteroatoms. The van der Waals surface area contributed by atoms with E-state index < -0.39 is 17.6 Å². The molecule has 128 valence electrons. The fourth-order valence-corrected chi connectivity index (χ4v) is 3.07. The van der Waals surface area contributed by atoms with E-state index in [1.807, 2.05) is 10.8 Å². The van der Waals surface area contributed by atoms with Crippen LogP contribution in [0, 0.1) is 0 Å². The standard InChI is InChI=1S/C14H12ClF3N4OS/c15-10-5-8(14(16,17)18)6-20-12(10)21-11(23)7-24-13-19-3-4-22(13)9-1-2-9/h3-6,9H,1-2,7H2,(H,20,21,23). The zero-order chi connectivity index (χ0) is 17.3. The minimum Gasteiger partial charge on any atom is -0.323 e. The van der Waals surface area contributed by atoms with Crippen LogP contribution in [0.25, 0.3) is 0 Å². The predicted molar refractivity (Wildman–Crippen MR) is 84.1 cm³/mol. The molecule has 1 aliphatic rings. The average molecular weight is 377 g/mol. The van der Waals surface area contributed by atoms with Gasteiger partial charge < -0.3 is 9.88 Å². The Balaban J connectivity index is 1.59. The van der Waals surface area contributed by atoms with Crippen LogP contribution in [0.1, 0.15) is 24.4 Å². The van der Waals surface area contributed by atoms with Crippen LogP contribution in [0.5, 0.6) is 0 Å². The number of anilines is 1. The first-order chi connectivity index (χ1) is 11.3. The van der Waals surface area contributed by atoms with Gasteiger partial charge in [0, 0.05) is 24.6 Å². The maximum absolute atomic E-state index is 12.5. The number of aromatic nitrogens is 3. The van der Waals surface area contributed by atoms with Gasteiger partial charge in [-0.2, -0.15) is 13.2 Å². The third kappa shape index (κ3) is 4.02. The molecule has 1 amide bonds. The summed E-state index contributed by atoms with van der Waals surface area (Å²) in [6.07, 6.45) is 1.84. The van der Waals surface area contributed by atoms with Gasteiger partial charge in [0.25, 0.3) is 0 Å². The van der Waals surface area contributed by atoms with E-state index in [-0.39, 0.29) is 16.6 Å². The third-order valence-electron chi connectivity index (χ3n) is 3.33. The highest BCUT2D eigenvalue weighted by Gasteiger charge is 2.31. The van der Waals surface area contributed by atoms with Crippen molar-refractivity contribution in [3.8, 4) is 0 Å². The van der Waals surface area contributed by atoms with Crippen LogP contribution >= 0.6 is 23.4 Å². The summed E-state index contributed by atoms with van der Waals surface area (Å²) < 4.78 is 39.7. The van der Waals surface area contributed by atoms with Crippen LogP contribution < -0.4 is 5.32 Å². The zero-order valence-electron chi connectivity index (χ0n) is 12.2. The highest BCUT2D eigenvalue weighted by molar-refractivity contribution is 7.99. The van der Waals surface area contributed by atoms with E-state index in [9.17, 15) is 18.0 Å². The Labute approximate surface area is 144 Å². The topological polar surface area (TPSA) is 59.8 Å². The molecule has 2 heterocycles. The molecular weight excluding hydrogens is 365 g/mol. The van der Waals surface area contributed by atoms with Crippen molar-refractivity contribution in [1.82, 2.24) is 14.5 Å². The maximum Gasteiger partial charge on any atom is 0.417 e. The van der Waals surface area contributed by atoms with Crippen molar-refractivity contribution in [3.63, 3.8) is 0 Å². The largest absolute Gasteiger partial charge is 0.417 e. The Bertz CT molecular complexity index is 761. The first-order valence-electron chi connectivity index (χ1n) is 7.03. The van der Waals surface area contributed by atoms with Gasteiger partial charge in [-0.15, -0.1) is 0 Å². The first-order valence-corrected chi connectivity index (χ1v) is 8.39. The zero-order valence-corrected chi connectivity index (χ0v) is 13.8. The monoisotopic (exact) mass is 376 g/mol. The number of thioether (sulfide) groups is 1. The average Bonchev–Trinajstić information content (AvgIpc) is 3.24. The van der Waals surface area contributed by atoms with Gasteiger partial charge in [-0.1, -0.05) is 23.4 Å². The molecule has 1 fully saturated rings. The Hall–Kier alpha value is -1.74. The molecule has 0 aliphatic heterocycles. The Kier molecular flexibility index (Phi) is 4.73. The normalized spacial score (nSPS) is 14.7. The van der Waals surface area contributed by atoms with Gasteiger partial charge in [-0.25, -0.2) is 9.97 Å². The van der Waals surface area contributed by atoms with Crippen LogP contribution in [-0.4, -0.2) is 26.2 Å². The van der Waals surface area contributed by atoms with Crippen molar-refractivity contribution in [2.24, 2.45) is 0 Å². The lowest BCUT2D eigenvalue weighted by Gasteiger charge is -2.10. The highest BCUT2D eigenvalue weighted by atomic mass is 35.5. The second-order valence-electron chi connectivity index (χ2n) is 5.24. The smallest absolute Gasteiger partial charge is 0.323 e. The number of nitrogens with zero attached hydrogens (tertiary/aromatic N) is 3. The third-order valence-corrected chi connectivity index (χ3v) is 4.60. The fourth-order valence-electron chi connectivity index (χ4n) is 2.02. The van der Waals surface area contributed by atoms with Gasteiger partial charge in [0.15, 0.2) is 11.0 Å². The molecule has 0 radical (unpaired) electrons. The molecule has 0 aromatic carbocycles. The second kappa shape index (κ2) is 6.64. The van der Waals surface area contributed by atoms with E-state index in [0.717, 1.165) is 24.1 Å². The maximum atomic E-state index is 12.5. The number of hydrogen-bond donors (Lipinski definition) is 1. The van der Waals surface area contributed by atoms with Crippen molar-refractivity contribution in [2.45, 2.75) is 30.2 Å². The quantitative estimate of drug-likeness (QED) is 0.801. The van der Waals surface area contributed by atoms with E-state index in [0.29, 0.717) is 12.2 Å². The van der Waals surface area contributed by atoms with Gasteiger partial charge >= 0.3 is 6.18 Å². The lowest BCUT2D eigenvalue weighted by Crippen LogP contribution is -2.16. The van der Waals surface area contributed by atoms with E-state index in [4.69, 9.17) is 11.6 Å². The number of carbonyl (C=O) groups is 1. The number of hydrogen-bond acceptors (Lipinski definition) is 4. The summed E-state index contributed by atoms with van der Waals surface area (Å²) >= 11 is 7.01. The van der Waals surface area contributed by atoms with Gasteiger partial charge in [0.05, 0.1) is 16.3 Å². The SMILES string of the molecule is O=C(CSc1nccn1C1CC1)Nc1ncc(C(F)(F)F)cc1Cl. The molecule has 2 aromatic heterocycles. The molecule has 0 saturated heterocycles. The highest BCUT2D eigenvalue weighted by Crippen LogP contribution is 2.37. The van der Waals surface area contributed by atoms with Crippen molar-refractivity contribution in [1.29, 1.82) is 0 Å². The van der Waals surface area contributed by atoms with Gasteiger partial charge in [0.1, 0.15) is 0 Å². The summed E-state index contributed by atoms with van der Waals surface area (Å²) in [6.45, 7) is 0. The predicted octanol–water partition coefficient (Wildman–Crippen LogP) is 4.02. The number of carbonyl (C=O) groups excluding carboxylic acids is 1. The van der Waals surface area contributed by atoms with Crippen molar-refractivity contribution in [2.75, 3.05) is 11.1 Å². The van der Waals surface area contributed by atoms with Crippen LogP contribution in [0.4, 0.5) is 19.0 Å². The molecule has 1 aliphatic carbocycles. The molecule has 1 N–H and O–H groups in total. The fraction of sp³-hybridized carbons (Fsp3) is 0.357. The molecule has 0 bridgehead atoms. The number of imidazole rings is 1. The minimum absolute atomic E-state index is 0.0583. The lowest BCUT2D eigenvalue weighted by atomic mass is 10.3. The second-order valence-corrected chi connectivity index (χ2v) is 6.59. The van der Waals surface area contributed by atoms with Crippen molar-refractivity contribution < 1.29 is 18.0 Å². The first kappa shape index (κ1) is 17.1. The molecule has 5 nitrogen and oxygen atoms in total. The van der Waals surface area contributed by atoms with E-state index >= 15 is 0 Å². The van der Waals surface area contributed by atoms with Crippen molar-refractivity contribution in [3.05, 3.63) is 35.2 Å². The minimum atomic E-state index is -4.53. The number of pyridine rings is 1. The summed E-state index contributed by atoms with van der Waals surface area (Å²) in [5.41, 5.74) is -0.966. The van der Waals surface area contributed by atoms with E-state index in [1.165, 1.54) is 11.8 Å². The summed E-state index contributed by atoms with van der Waals surface area (Å²) in [5, 5.41) is 2.88. The van der Waals surface area contributed by atoms with Crippen LogP contribution in [0.3, 0.4) is 0 Å². The van der Waals surface area contributed by atoms with Gasteiger partial charge in [-0.05, 0) is 18.9 Å². The Morgan fingerprint density at radius 2 is 2.17 bits per heavy atom. The summed E-state index contributed by atoms with van der Waals surface area (Å²) in [5.74, 6) is -0.455. The summed E-state index contributed by atoms with van der Waals surface area (Å²) in [4.78, 5) is 19.7. The molecular formula is C14H12ClF3N4OS. The Morgan fingerprint density at radius 1 is 1.42 bits per heavy atom. The number of rotatable bonds is 5. The molecule has 0 unspecified atom stereocenters. The van der Waals surface area contributed by atoms with Crippen LogP contribution in [0.2, 0.25) is 5.02 Å². The number of alkyl halides is 3. The van der Waals surface area contributed by atoms with Gasteiger partial charge in [-0.3, -0.25) is 4.79 Å². The van der Waals surface area contributed by atoms with Gasteiger partial charge in [0.2, 0.25) is 5.91 Å². The lowest BCUT2D eigenvalue weighted by molar-refractivity contribution is -0.137. The number of halogens is 4. The van der Waals surface area contributed by atoms with Crippen LogP contribution in [-0.2, 0) is 11.0 Å². The van der Waals surface area contributed by atoms with E-state index in [2.05, 4.69) is 15.3 Å². The van der Waals surface area contributed by atoms with Crippen LogP contribution in [0.15, 0.2) is 29.8 Å². The summed E-state index contributed by atoms with van der Waals surface area (Å²) in [6, 6.07) is 1.18. The number of amides is 1. The Morgan fingerprint density at radius 3 is 2.79 bits per heavy atom. The molecule has 24 heavy (non-hydrogen) atoms. The molecule has 3 rings (SSSR count). The molecule has 1 saturated carbocycles. The summed E-state index contributed by atoms with van der Waals surface area (Å²) in [7, 11) is 0.